The lowest BCUT2D eigenvalue weighted by Crippen LogP contribution is -2.54. The van der Waals surface area contributed by atoms with Gasteiger partial charge in [0.15, 0.2) is 18.1 Å². The monoisotopic (exact) mass is 665 g/mol. The molecule has 5 amide bonds. The molecule has 40 heavy (non-hydrogen) atoms. The third-order valence-corrected chi connectivity index (χ3v) is 7.36. The van der Waals surface area contributed by atoms with Crippen molar-refractivity contribution in [3.63, 3.8) is 0 Å². The van der Waals surface area contributed by atoms with Gasteiger partial charge in [-0.05, 0) is 82.5 Å². The topological polar surface area (TPSA) is 114 Å². The summed E-state index contributed by atoms with van der Waals surface area (Å²) in [5.74, 6) is -1.74. The number of rotatable bonds is 7. The second-order valence-corrected chi connectivity index (χ2v) is 10.5. The van der Waals surface area contributed by atoms with Crippen LogP contribution in [-0.4, -0.2) is 37.5 Å². The summed E-state index contributed by atoms with van der Waals surface area (Å²) in [5, 5.41) is 5.81. The molecule has 0 unspecified atom stereocenters. The van der Waals surface area contributed by atoms with Crippen molar-refractivity contribution >= 4 is 91.9 Å². The molecule has 0 bridgehead atoms. The van der Waals surface area contributed by atoms with Gasteiger partial charge in [-0.1, -0.05) is 40.9 Å². The van der Waals surface area contributed by atoms with E-state index in [0.29, 0.717) is 25.8 Å². The van der Waals surface area contributed by atoms with Gasteiger partial charge in [-0.3, -0.25) is 19.7 Å². The summed E-state index contributed by atoms with van der Waals surface area (Å²) in [7, 11) is 1.39. The van der Waals surface area contributed by atoms with E-state index in [2.05, 4.69) is 26.6 Å². The van der Waals surface area contributed by atoms with Gasteiger partial charge in [0, 0.05) is 10.7 Å². The van der Waals surface area contributed by atoms with Crippen LogP contribution < -0.4 is 25.0 Å². The molecule has 1 fully saturated rings. The van der Waals surface area contributed by atoms with Crippen LogP contribution in [0.15, 0.2) is 58.6 Å². The van der Waals surface area contributed by atoms with Crippen LogP contribution in [-0.2, 0) is 14.4 Å². The average Bonchev–Trinajstić information content (AvgIpc) is 2.89. The lowest BCUT2D eigenvalue weighted by molar-refractivity contribution is -0.122. The van der Waals surface area contributed by atoms with E-state index in [-0.39, 0.29) is 34.4 Å². The zero-order chi connectivity index (χ0) is 29.1. The molecule has 0 aliphatic carbocycles. The number of carbonyl (C=O) groups is 4. The predicted octanol–water partition coefficient (Wildman–Crippen LogP) is 6.41. The highest BCUT2D eigenvalue weighted by Gasteiger charge is 2.37. The standard InChI is InChI=1S/C27H19BrCl3N3O6/c1-13-3-5-16(11-20(13)30)34-26(37)17(25(36)33-27(34)38)7-14-8-18(28)24(22(9-14)39-2)40-12-23(35)32-15-4-6-19(29)21(31)10-15/h3-11H,12H2,1-2H3,(H,32,35)(H,33,36,38)/b17-7+. The Bertz CT molecular complexity index is 1590. The lowest BCUT2D eigenvalue weighted by atomic mass is 10.1. The van der Waals surface area contributed by atoms with Gasteiger partial charge in [0.2, 0.25) is 0 Å². The summed E-state index contributed by atoms with van der Waals surface area (Å²) in [6.07, 6.45) is 1.31. The number of urea groups is 1. The van der Waals surface area contributed by atoms with Crippen molar-refractivity contribution < 1.29 is 28.7 Å². The minimum Gasteiger partial charge on any atom is -0.493 e. The second-order valence-electron chi connectivity index (χ2n) is 8.39. The first-order chi connectivity index (χ1) is 19.0. The van der Waals surface area contributed by atoms with Gasteiger partial charge in [-0.25, -0.2) is 9.69 Å². The molecule has 0 radical (unpaired) electrons. The van der Waals surface area contributed by atoms with Crippen LogP contribution in [0.3, 0.4) is 0 Å². The maximum absolute atomic E-state index is 13.2. The number of ether oxygens (including phenoxy) is 2. The van der Waals surface area contributed by atoms with Crippen LogP contribution in [0.1, 0.15) is 11.1 Å². The molecule has 0 aromatic heterocycles. The smallest absolute Gasteiger partial charge is 0.335 e. The highest BCUT2D eigenvalue weighted by molar-refractivity contribution is 9.10. The number of benzene rings is 3. The van der Waals surface area contributed by atoms with Crippen LogP contribution in [0.2, 0.25) is 15.1 Å². The molecule has 1 aliphatic heterocycles. The minimum atomic E-state index is -0.895. The van der Waals surface area contributed by atoms with Crippen LogP contribution in [0.4, 0.5) is 16.2 Å². The Morgan fingerprint density at radius 1 is 1.02 bits per heavy atom. The van der Waals surface area contributed by atoms with E-state index in [1.165, 1.54) is 31.4 Å². The van der Waals surface area contributed by atoms with E-state index in [0.717, 1.165) is 10.5 Å². The number of hydrogen-bond donors (Lipinski definition) is 2. The van der Waals surface area contributed by atoms with Crippen molar-refractivity contribution in [2.45, 2.75) is 6.92 Å². The van der Waals surface area contributed by atoms with E-state index < -0.39 is 23.8 Å². The number of imide groups is 2. The number of halogens is 4. The summed E-state index contributed by atoms with van der Waals surface area (Å²) in [6, 6.07) is 11.5. The SMILES string of the molecule is COc1cc(/C=C2\C(=O)NC(=O)N(c3ccc(C)c(Cl)c3)C2=O)cc(Br)c1OCC(=O)Nc1ccc(Cl)c(Cl)c1. The Kier molecular flexibility index (Phi) is 9.05. The van der Waals surface area contributed by atoms with Gasteiger partial charge < -0.3 is 14.8 Å². The maximum Gasteiger partial charge on any atom is 0.335 e. The number of nitrogens with one attached hydrogen (secondary N) is 2. The number of barbiturate groups is 1. The number of anilines is 2. The van der Waals surface area contributed by atoms with E-state index in [9.17, 15) is 19.2 Å². The van der Waals surface area contributed by atoms with Crippen molar-refractivity contribution in [2.75, 3.05) is 23.9 Å². The normalized spacial score (nSPS) is 14.3. The van der Waals surface area contributed by atoms with Crippen LogP contribution in [0.5, 0.6) is 11.5 Å². The van der Waals surface area contributed by atoms with Gasteiger partial charge in [0.25, 0.3) is 17.7 Å². The summed E-state index contributed by atoms with van der Waals surface area (Å²) in [4.78, 5) is 51.5. The molecule has 1 saturated heterocycles. The van der Waals surface area contributed by atoms with Crippen molar-refractivity contribution in [3.8, 4) is 11.5 Å². The average molecular weight is 668 g/mol. The fourth-order valence-corrected chi connectivity index (χ4v) is 4.70. The van der Waals surface area contributed by atoms with E-state index in [1.807, 2.05) is 0 Å². The Labute approximate surface area is 252 Å². The van der Waals surface area contributed by atoms with E-state index in [1.54, 1.807) is 37.3 Å². The van der Waals surface area contributed by atoms with Gasteiger partial charge in [0.05, 0.1) is 27.3 Å². The molecule has 1 aliphatic rings. The summed E-state index contributed by atoms with van der Waals surface area (Å²) in [6.45, 7) is 1.41. The Balaban J connectivity index is 1.56. The fourth-order valence-electron chi connectivity index (χ4n) is 3.65. The van der Waals surface area contributed by atoms with Crippen molar-refractivity contribution in [3.05, 3.63) is 84.8 Å². The predicted molar refractivity (Wildman–Crippen MR) is 156 cm³/mol. The molecule has 2 N–H and O–H groups in total. The van der Waals surface area contributed by atoms with Gasteiger partial charge in [-0.2, -0.15) is 0 Å². The highest BCUT2D eigenvalue weighted by Crippen LogP contribution is 2.38. The molecule has 4 rings (SSSR count). The third kappa shape index (κ3) is 6.42. The first kappa shape index (κ1) is 29.4. The summed E-state index contributed by atoms with van der Waals surface area (Å²) >= 11 is 21.4. The van der Waals surface area contributed by atoms with E-state index >= 15 is 0 Å². The lowest BCUT2D eigenvalue weighted by Gasteiger charge is -2.26. The molecule has 3 aromatic rings. The molecule has 1 heterocycles. The number of hydrogen-bond acceptors (Lipinski definition) is 6. The molecule has 0 atom stereocenters. The van der Waals surface area contributed by atoms with Gasteiger partial charge in [0.1, 0.15) is 5.57 Å². The summed E-state index contributed by atoms with van der Waals surface area (Å²) < 4.78 is 11.5. The van der Waals surface area contributed by atoms with Crippen LogP contribution in [0.25, 0.3) is 6.08 Å². The molecule has 206 valence electrons. The molecule has 3 aromatic carbocycles. The largest absolute Gasteiger partial charge is 0.493 e. The number of nitrogens with zero attached hydrogens (tertiary/aromatic N) is 1. The van der Waals surface area contributed by atoms with Gasteiger partial charge in [-0.15, -0.1) is 0 Å². The van der Waals surface area contributed by atoms with Crippen molar-refractivity contribution in [2.24, 2.45) is 0 Å². The Hall–Kier alpha value is -3.57. The summed E-state index contributed by atoms with van der Waals surface area (Å²) in [5.41, 5.74) is 1.49. The first-order valence-electron chi connectivity index (χ1n) is 11.4. The molecular weight excluding hydrogens is 649 g/mol. The molecule has 0 saturated carbocycles. The molecule has 13 heteroatoms. The Morgan fingerprint density at radius 3 is 2.45 bits per heavy atom. The fraction of sp³-hybridized carbons (Fsp3) is 0.111. The Morgan fingerprint density at radius 2 is 1.77 bits per heavy atom. The highest BCUT2D eigenvalue weighted by atomic mass is 79.9. The number of amides is 5. The zero-order valence-corrected chi connectivity index (χ0v) is 24.7. The van der Waals surface area contributed by atoms with Crippen molar-refractivity contribution in [1.29, 1.82) is 0 Å². The van der Waals surface area contributed by atoms with Crippen molar-refractivity contribution in [1.82, 2.24) is 5.32 Å². The molecule has 0 spiro atoms. The second kappa shape index (κ2) is 12.3. The quantitative estimate of drug-likeness (QED) is 0.223. The number of methoxy groups -OCH3 is 1. The van der Waals surface area contributed by atoms with Gasteiger partial charge >= 0.3 is 6.03 Å². The molecular formula is C27H19BrCl3N3O6. The zero-order valence-electron chi connectivity index (χ0n) is 20.8. The van der Waals surface area contributed by atoms with Crippen LogP contribution in [0, 0.1) is 6.92 Å². The molecule has 9 nitrogen and oxygen atoms in total. The maximum atomic E-state index is 13.2. The first-order valence-corrected chi connectivity index (χ1v) is 13.3. The van der Waals surface area contributed by atoms with Crippen LogP contribution >= 0.6 is 50.7 Å². The number of aryl methyl sites for hydroxylation is 1. The number of carbonyl (C=O) groups excluding carboxylic acids is 4. The van der Waals surface area contributed by atoms with E-state index in [4.69, 9.17) is 44.3 Å². The minimum absolute atomic E-state index is 0.207. The third-order valence-electron chi connectivity index (χ3n) is 5.63.